The van der Waals surface area contributed by atoms with Gasteiger partial charge in [0.15, 0.2) is 0 Å². The van der Waals surface area contributed by atoms with E-state index >= 15 is 0 Å². The third kappa shape index (κ3) is 4.40. The van der Waals surface area contributed by atoms with Gasteiger partial charge in [-0.25, -0.2) is 0 Å². The fourth-order valence-electron chi connectivity index (χ4n) is 3.87. The van der Waals surface area contributed by atoms with Crippen LogP contribution < -0.4 is 0 Å². The van der Waals surface area contributed by atoms with Gasteiger partial charge in [0, 0.05) is 24.8 Å². The summed E-state index contributed by atoms with van der Waals surface area (Å²) in [5.41, 5.74) is 4.67. The van der Waals surface area contributed by atoms with E-state index in [4.69, 9.17) is 9.84 Å². The first-order valence-corrected chi connectivity index (χ1v) is 10.1. The maximum Gasteiger partial charge on any atom is 0.257 e. The lowest BCUT2D eigenvalue weighted by Gasteiger charge is -2.35. The van der Waals surface area contributed by atoms with Crippen LogP contribution in [0.2, 0.25) is 0 Å². The number of carbonyl (C=O) groups excluding carboxylic acids is 1. The van der Waals surface area contributed by atoms with Gasteiger partial charge in [-0.15, -0.1) is 0 Å². The maximum absolute atomic E-state index is 13.4. The molecule has 0 unspecified atom stereocenters. The molecule has 0 N–H and O–H groups in total. The number of hydrogen-bond acceptors (Lipinski definition) is 3. The molecule has 1 amide bonds. The predicted octanol–water partition coefficient (Wildman–Crippen LogP) is 4.16. The summed E-state index contributed by atoms with van der Waals surface area (Å²) in [6, 6.07) is 18.3. The van der Waals surface area contributed by atoms with Crippen molar-refractivity contribution in [1.82, 2.24) is 14.7 Å². The number of nitrogens with zero attached hydrogens (tertiary/aromatic N) is 3. The molecule has 1 aromatic heterocycles. The Labute approximate surface area is 171 Å². The smallest absolute Gasteiger partial charge is 0.257 e. The second kappa shape index (κ2) is 8.21. The highest BCUT2D eigenvalue weighted by Gasteiger charge is 2.29. The van der Waals surface area contributed by atoms with Gasteiger partial charge in [-0.3, -0.25) is 9.48 Å². The molecule has 0 aliphatic carbocycles. The first-order valence-electron chi connectivity index (χ1n) is 10.1. The van der Waals surface area contributed by atoms with Crippen LogP contribution in [0, 0.1) is 6.92 Å². The summed E-state index contributed by atoms with van der Waals surface area (Å²) in [6.07, 6.45) is 1.95. The van der Waals surface area contributed by atoms with E-state index in [0.717, 1.165) is 16.8 Å². The largest absolute Gasteiger partial charge is 0.372 e. The first-order chi connectivity index (χ1) is 14.0. The summed E-state index contributed by atoms with van der Waals surface area (Å²) in [5, 5.41) is 4.80. The summed E-state index contributed by atoms with van der Waals surface area (Å²) in [4.78, 5) is 15.3. The lowest BCUT2D eigenvalue weighted by molar-refractivity contribution is -0.0586. The average molecular weight is 389 g/mol. The van der Waals surface area contributed by atoms with Crippen LogP contribution in [-0.4, -0.2) is 45.9 Å². The molecule has 150 valence electrons. The third-order valence-electron chi connectivity index (χ3n) is 5.21. The van der Waals surface area contributed by atoms with E-state index in [1.807, 2.05) is 60.0 Å². The summed E-state index contributed by atoms with van der Waals surface area (Å²) in [7, 11) is 0. The Kier molecular flexibility index (Phi) is 5.49. The van der Waals surface area contributed by atoms with Crippen LogP contribution >= 0.6 is 0 Å². The molecule has 1 aliphatic rings. The van der Waals surface area contributed by atoms with Gasteiger partial charge in [-0.1, -0.05) is 60.2 Å². The molecule has 2 atom stereocenters. The Morgan fingerprint density at radius 2 is 1.69 bits per heavy atom. The van der Waals surface area contributed by atoms with Crippen LogP contribution in [0.15, 0.2) is 60.8 Å². The topological polar surface area (TPSA) is 47.4 Å². The SMILES string of the molecule is Cc1ccc(-c2nn(Cc3ccccc3)cc2C(=O)N2C[C@@H](C)O[C@@H](C)C2)cc1. The third-order valence-corrected chi connectivity index (χ3v) is 5.21. The molecular formula is C24H27N3O2. The van der Waals surface area contributed by atoms with Crippen molar-refractivity contribution in [2.45, 2.75) is 39.5 Å². The van der Waals surface area contributed by atoms with E-state index in [9.17, 15) is 4.79 Å². The average Bonchev–Trinajstić information content (AvgIpc) is 3.11. The first kappa shape index (κ1) is 19.4. The molecule has 1 aliphatic heterocycles. The van der Waals surface area contributed by atoms with Crippen molar-refractivity contribution in [2.75, 3.05) is 13.1 Å². The Hall–Kier alpha value is -2.92. The number of aryl methyl sites for hydroxylation is 1. The molecule has 2 aromatic carbocycles. The molecule has 0 saturated carbocycles. The van der Waals surface area contributed by atoms with Crippen molar-refractivity contribution >= 4 is 5.91 Å². The van der Waals surface area contributed by atoms with Crippen LogP contribution in [0.5, 0.6) is 0 Å². The van der Waals surface area contributed by atoms with Crippen LogP contribution in [0.1, 0.15) is 35.3 Å². The summed E-state index contributed by atoms with van der Waals surface area (Å²) in [5.74, 6) is 0.0156. The molecule has 29 heavy (non-hydrogen) atoms. The molecule has 0 bridgehead atoms. The Balaban J connectivity index is 1.70. The van der Waals surface area contributed by atoms with Gasteiger partial charge >= 0.3 is 0 Å². The molecule has 0 spiro atoms. The van der Waals surface area contributed by atoms with Gasteiger partial charge in [0.2, 0.25) is 0 Å². The zero-order valence-corrected chi connectivity index (χ0v) is 17.2. The fraction of sp³-hybridized carbons (Fsp3) is 0.333. The monoisotopic (exact) mass is 389 g/mol. The Bertz CT molecular complexity index is 969. The highest BCUT2D eigenvalue weighted by atomic mass is 16.5. The predicted molar refractivity (Wildman–Crippen MR) is 114 cm³/mol. The number of aromatic nitrogens is 2. The minimum atomic E-state index is 0.0156. The molecule has 1 saturated heterocycles. The maximum atomic E-state index is 13.4. The highest BCUT2D eigenvalue weighted by molar-refractivity contribution is 6.00. The second-order valence-electron chi connectivity index (χ2n) is 7.91. The van der Waals surface area contributed by atoms with E-state index in [2.05, 4.69) is 31.2 Å². The minimum absolute atomic E-state index is 0.0156. The fourth-order valence-corrected chi connectivity index (χ4v) is 3.87. The van der Waals surface area contributed by atoms with E-state index < -0.39 is 0 Å². The molecule has 5 heteroatoms. The molecule has 4 rings (SSSR count). The number of hydrogen-bond donors (Lipinski definition) is 0. The van der Waals surface area contributed by atoms with Crippen LogP contribution in [0.25, 0.3) is 11.3 Å². The van der Waals surface area contributed by atoms with Crippen LogP contribution in [0.3, 0.4) is 0 Å². The van der Waals surface area contributed by atoms with Crippen molar-refractivity contribution in [3.05, 3.63) is 77.5 Å². The minimum Gasteiger partial charge on any atom is -0.372 e. The van der Waals surface area contributed by atoms with E-state index in [-0.39, 0.29) is 18.1 Å². The van der Waals surface area contributed by atoms with E-state index in [1.54, 1.807) is 0 Å². The number of morpholine rings is 1. The van der Waals surface area contributed by atoms with Crippen LogP contribution in [0.4, 0.5) is 0 Å². The molecule has 2 heterocycles. The second-order valence-corrected chi connectivity index (χ2v) is 7.91. The lowest BCUT2D eigenvalue weighted by atomic mass is 10.1. The molecular weight excluding hydrogens is 362 g/mol. The number of rotatable bonds is 4. The number of amides is 1. The van der Waals surface area contributed by atoms with Crippen molar-refractivity contribution in [2.24, 2.45) is 0 Å². The van der Waals surface area contributed by atoms with Gasteiger partial charge in [-0.05, 0) is 26.3 Å². The van der Waals surface area contributed by atoms with Crippen LogP contribution in [-0.2, 0) is 11.3 Å². The Morgan fingerprint density at radius 1 is 1.03 bits per heavy atom. The normalized spacial score (nSPS) is 19.3. The number of carbonyl (C=O) groups is 1. The highest BCUT2D eigenvalue weighted by Crippen LogP contribution is 2.25. The molecule has 0 radical (unpaired) electrons. The summed E-state index contributed by atoms with van der Waals surface area (Å²) >= 11 is 0. The van der Waals surface area contributed by atoms with Gasteiger partial charge < -0.3 is 9.64 Å². The molecule has 5 nitrogen and oxygen atoms in total. The zero-order valence-electron chi connectivity index (χ0n) is 17.2. The summed E-state index contributed by atoms with van der Waals surface area (Å²) in [6.45, 7) is 7.90. The van der Waals surface area contributed by atoms with Crippen molar-refractivity contribution < 1.29 is 9.53 Å². The summed E-state index contributed by atoms with van der Waals surface area (Å²) < 4.78 is 7.67. The molecule has 3 aromatic rings. The standard InChI is InChI=1S/C24H27N3O2/c1-17-9-11-21(12-10-17)23-22(24(28)26-13-18(2)29-19(3)14-26)16-27(25-23)15-20-7-5-4-6-8-20/h4-12,16,18-19H,13-15H2,1-3H3/t18-,19+. The number of benzene rings is 2. The van der Waals surface area contributed by atoms with Crippen molar-refractivity contribution in [1.29, 1.82) is 0 Å². The van der Waals surface area contributed by atoms with Gasteiger partial charge in [0.05, 0.1) is 24.3 Å². The van der Waals surface area contributed by atoms with Gasteiger partial charge in [-0.2, -0.15) is 5.10 Å². The van der Waals surface area contributed by atoms with E-state index in [1.165, 1.54) is 5.56 Å². The molecule has 1 fully saturated rings. The number of ether oxygens (including phenoxy) is 1. The van der Waals surface area contributed by atoms with Crippen molar-refractivity contribution in [3.8, 4) is 11.3 Å². The zero-order chi connectivity index (χ0) is 20.4. The lowest BCUT2D eigenvalue weighted by Crippen LogP contribution is -2.48. The van der Waals surface area contributed by atoms with Gasteiger partial charge in [0.1, 0.15) is 5.69 Å². The van der Waals surface area contributed by atoms with Crippen molar-refractivity contribution in [3.63, 3.8) is 0 Å². The van der Waals surface area contributed by atoms with E-state index in [0.29, 0.717) is 25.2 Å². The quantitative estimate of drug-likeness (QED) is 0.673. The van der Waals surface area contributed by atoms with Gasteiger partial charge in [0.25, 0.3) is 5.91 Å². The Morgan fingerprint density at radius 3 is 2.34 bits per heavy atom.